The average molecular weight is 478 g/mol. The molecule has 35 heavy (non-hydrogen) atoms. The molecule has 0 saturated heterocycles. The largest absolute Gasteiger partial charge is 0.464 e. The van der Waals surface area contributed by atoms with Gasteiger partial charge in [-0.2, -0.15) is 5.10 Å². The zero-order chi connectivity index (χ0) is 23.4. The van der Waals surface area contributed by atoms with Crippen molar-refractivity contribution >= 4 is 28.2 Å². The van der Waals surface area contributed by atoms with Crippen LogP contribution in [0.3, 0.4) is 0 Å². The predicted octanol–water partition coefficient (Wildman–Crippen LogP) is 7.39. The molecule has 170 valence electrons. The normalized spacial score (nSPS) is 18.7. The summed E-state index contributed by atoms with van der Waals surface area (Å²) in [6, 6.07) is 32.4. The third kappa shape index (κ3) is 3.39. The summed E-state index contributed by atoms with van der Waals surface area (Å²) in [5.41, 5.74) is 6.07. The lowest BCUT2D eigenvalue weighted by Gasteiger charge is -2.38. The number of fused-ring (bicyclic) bond motifs is 4. The fourth-order valence-corrected chi connectivity index (χ4v) is 5.11. The number of hydrogen-bond acceptors (Lipinski definition) is 5. The maximum atomic E-state index is 6.55. The van der Waals surface area contributed by atoms with Crippen LogP contribution in [0.4, 0.5) is 0 Å². The summed E-state index contributed by atoms with van der Waals surface area (Å²) in [6.45, 7) is 0. The summed E-state index contributed by atoms with van der Waals surface area (Å²) in [5.74, 6) is 1.60. The molecule has 0 aliphatic carbocycles. The highest BCUT2D eigenvalue weighted by Gasteiger charge is 2.41. The molecule has 0 bridgehead atoms. The molecule has 2 atom stereocenters. The first-order chi connectivity index (χ1) is 17.2. The third-order valence-electron chi connectivity index (χ3n) is 6.70. The summed E-state index contributed by atoms with van der Waals surface area (Å²) in [5, 5.41) is 13.0. The quantitative estimate of drug-likeness (QED) is 0.272. The second kappa shape index (κ2) is 8.00. The fraction of sp³-hybridized carbons (Fsp3) is 0.103. The van der Waals surface area contributed by atoms with Crippen LogP contribution in [0.2, 0.25) is 5.02 Å². The van der Waals surface area contributed by atoms with E-state index in [2.05, 4.69) is 52.6 Å². The molecule has 5 nitrogen and oxygen atoms in total. The highest BCUT2D eigenvalue weighted by molar-refractivity contribution is 6.30. The Bertz CT molecular complexity index is 1580. The van der Waals surface area contributed by atoms with Gasteiger partial charge < -0.3 is 9.26 Å². The highest BCUT2D eigenvalue weighted by Crippen LogP contribution is 2.48. The Balaban J connectivity index is 1.34. The minimum atomic E-state index is -0.367. The molecule has 0 unspecified atom stereocenters. The van der Waals surface area contributed by atoms with Crippen LogP contribution in [0, 0.1) is 0 Å². The Morgan fingerprint density at radius 3 is 2.49 bits per heavy atom. The topological polar surface area (TPSA) is 50.9 Å². The maximum Gasteiger partial charge on any atom is 0.213 e. The number of hydrazone groups is 1. The maximum absolute atomic E-state index is 6.55. The molecule has 5 aromatic rings. The minimum Gasteiger partial charge on any atom is -0.464 e. The molecule has 0 spiro atoms. The lowest BCUT2D eigenvalue weighted by atomic mass is 9.95. The van der Waals surface area contributed by atoms with Gasteiger partial charge in [-0.1, -0.05) is 71.4 Å². The van der Waals surface area contributed by atoms with Gasteiger partial charge in [0.15, 0.2) is 5.76 Å². The number of rotatable bonds is 3. The van der Waals surface area contributed by atoms with Crippen molar-refractivity contribution in [1.82, 2.24) is 10.2 Å². The Labute approximate surface area is 207 Å². The molecular formula is C29H20ClN3O2. The molecule has 2 aliphatic heterocycles. The van der Waals surface area contributed by atoms with E-state index in [1.807, 2.05) is 54.6 Å². The van der Waals surface area contributed by atoms with Crippen molar-refractivity contribution in [3.05, 3.63) is 119 Å². The molecule has 6 heteroatoms. The van der Waals surface area contributed by atoms with Gasteiger partial charge in [-0.3, -0.25) is 0 Å². The molecule has 1 aromatic heterocycles. The van der Waals surface area contributed by atoms with E-state index in [9.17, 15) is 0 Å². The number of halogens is 1. The molecule has 0 saturated carbocycles. The van der Waals surface area contributed by atoms with E-state index in [0.29, 0.717) is 10.8 Å². The van der Waals surface area contributed by atoms with E-state index in [0.717, 1.165) is 51.0 Å². The van der Waals surface area contributed by atoms with Gasteiger partial charge in [0.05, 0.1) is 17.1 Å². The summed E-state index contributed by atoms with van der Waals surface area (Å²) in [4.78, 5) is 0. The molecule has 0 amide bonds. The van der Waals surface area contributed by atoms with Crippen LogP contribution in [0.5, 0.6) is 5.75 Å². The zero-order valence-corrected chi connectivity index (χ0v) is 19.4. The molecule has 2 aliphatic rings. The SMILES string of the molecule is Clc1ccc(-c2onc3ccc([C@H]4Oc5ccccc5[C@H]5CC(c6ccccc6)=NN54)cc23)cc1. The zero-order valence-electron chi connectivity index (χ0n) is 18.6. The summed E-state index contributed by atoms with van der Waals surface area (Å²) < 4.78 is 12.3. The van der Waals surface area contributed by atoms with Crippen molar-refractivity contribution in [2.75, 3.05) is 0 Å². The number of aromatic nitrogens is 1. The number of ether oxygens (including phenoxy) is 1. The average Bonchev–Trinajstić information content (AvgIpc) is 3.54. The Hall–Kier alpha value is -4.09. The molecular weight excluding hydrogens is 458 g/mol. The van der Waals surface area contributed by atoms with Gasteiger partial charge in [0, 0.05) is 28.1 Å². The second-order valence-electron chi connectivity index (χ2n) is 8.82. The monoisotopic (exact) mass is 477 g/mol. The van der Waals surface area contributed by atoms with E-state index in [4.69, 9.17) is 26.0 Å². The van der Waals surface area contributed by atoms with Gasteiger partial charge in [-0.05, 0) is 48.0 Å². The van der Waals surface area contributed by atoms with Gasteiger partial charge in [0.2, 0.25) is 6.23 Å². The van der Waals surface area contributed by atoms with Crippen LogP contribution in [0.25, 0.3) is 22.2 Å². The van der Waals surface area contributed by atoms with Gasteiger partial charge in [0.25, 0.3) is 0 Å². The van der Waals surface area contributed by atoms with E-state index >= 15 is 0 Å². The molecule has 3 heterocycles. The second-order valence-corrected chi connectivity index (χ2v) is 9.25. The van der Waals surface area contributed by atoms with Crippen LogP contribution in [-0.2, 0) is 0 Å². The number of benzene rings is 4. The number of hydrogen-bond donors (Lipinski definition) is 0. The van der Waals surface area contributed by atoms with E-state index in [1.165, 1.54) is 0 Å². The summed E-state index contributed by atoms with van der Waals surface area (Å²) in [7, 11) is 0. The van der Waals surface area contributed by atoms with Crippen molar-refractivity contribution in [2.24, 2.45) is 5.10 Å². The standard InChI is InChI=1S/C29H20ClN3O2/c30-21-13-10-19(11-14-21)28-23-16-20(12-15-24(23)32-35-28)29-33-26(22-8-4-5-9-27(22)34-29)17-25(31-33)18-6-2-1-3-7-18/h1-16,26,29H,17H2/t26-,29-/m1/s1. The first-order valence-corrected chi connectivity index (χ1v) is 11.9. The van der Waals surface area contributed by atoms with Gasteiger partial charge >= 0.3 is 0 Å². The van der Waals surface area contributed by atoms with E-state index in [-0.39, 0.29) is 12.3 Å². The smallest absolute Gasteiger partial charge is 0.213 e. The van der Waals surface area contributed by atoms with E-state index < -0.39 is 0 Å². The summed E-state index contributed by atoms with van der Waals surface area (Å²) in [6.07, 6.45) is 0.459. The highest BCUT2D eigenvalue weighted by atomic mass is 35.5. The number of nitrogens with zero attached hydrogens (tertiary/aromatic N) is 3. The van der Waals surface area contributed by atoms with Crippen LogP contribution in [-0.4, -0.2) is 15.9 Å². The van der Waals surface area contributed by atoms with Crippen molar-refractivity contribution < 1.29 is 9.26 Å². The summed E-state index contributed by atoms with van der Waals surface area (Å²) >= 11 is 6.09. The van der Waals surface area contributed by atoms with Crippen LogP contribution < -0.4 is 4.74 Å². The molecule has 0 fully saturated rings. The van der Waals surface area contributed by atoms with Crippen molar-refractivity contribution in [2.45, 2.75) is 18.7 Å². The molecule has 7 rings (SSSR count). The predicted molar refractivity (Wildman–Crippen MR) is 136 cm³/mol. The Morgan fingerprint density at radius 2 is 1.63 bits per heavy atom. The van der Waals surface area contributed by atoms with Crippen LogP contribution in [0.15, 0.2) is 107 Å². The lowest BCUT2D eigenvalue weighted by Crippen LogP contribution is -2.33. The van der Waals surface area contributed by atoms with Crippen molar-refractivity contribution in [1.29, 1.82) is 0 Å². The van der Waals surface area contributed by atoms with Crippen LogP contribution >= 0.6 is 11.6 Å². The molecule has 0 N–H and O–H groups in total. The Kier molecular flexibility index (Phi) is 4.64. The first kappa shape index (κ1) is 20.3. The Morgan fingerprint density at radius 1 is 0.829 bits per heavy atom. The van der Waals surface area contributed by atoms with Crippen molar-refractivity contribution in [3.8, 4) is 17.1 Å². The van der Waals surface area contributed by atoms with Crippen molar-refractivity contribution in [3.63, 3.8) is 0 Å². The fourth-order valence-electron chi connectivity index (χ4n) is 4.98. The van der Waals surface area contributed by atoms with Gasteiger partial charge in [-0.15, -0.1) is 0 Å². The first-order valence-electron chi connectivity index (χ1n) is 11.6. The van der Waals surface area contributed by atoms with E-state index in [1.54, 1.807) is 0 Å². The lowest BCUT2D eigenvalue weighted by molar-refractivity contribution is -0.0189. The van der Waals surface area contributed by atoms with Gasteiger partial charge in [-0.25, -0.2) is 5.01 Å². The van der Waals surface area contributed by atoms with Gasteiger partial charge in [0.1, 0.15) is 11.3 Å². The minimum absolute atomic E-state index is 0.106. The third-order valence-corrected chi connectivity index (χ3v) is 6.95. The number of para-hydroxylation sites is 1. The van der Waals surface area contributed by atoms with Crippen LogP contribution in [0.1, 0.15) is 35.4 Å². The molecule has 4 aromatic carbocycles. The molecule has 0 radical (unpaired) electrons.